The third kappa shape index (κ3) is 5.02. The number of halogens is 3. The monoisotopic (exact) mass is 457 g/mol. The van der Waals surface area contributed by atoms with E-state index in [4.69, 9.17) is 4.74 Å². The highest BCUT2D eigenvalue weighted by Crippen LogP contribution is 2.18. The van der Waals surface area contributed by atoms with Crippen LogP contribution in [0.4, 0.5) is 8.78 Å². The molecule has 7 nitrogen and oxygen atoms in total. The minimum Gasteiger partial charge on any atom is -0.469 e. The van der Waals surface area contributed by atoms with Gasteiger partial charge in [-0.1, -0.05) is 0 Å². The number of aliphatic imine (C=N–C) groups is 1. The fourth-order valence-corrected chi connectivity index (χ4v) is 2.64. The maximum atomic E-state index is 12.8. The van der Waals surface area contributed by atoms with E-state index in [-0.39, 0.29) is 48.2 Å². The van der Waals surface area contributed by atoms with E-state index in [1.165, 1.54) is 19.5 Å². The average molecular weight is 457 g/mol. The molecule has 1 saturated heterocycles. The number of aromatic nitrogens is 2. The van der Waals surface area contributed by atoms with Gasteiger partial charge in [-0.3, -0.25) is 14.4 Å². The number of guanidine groups is 1. The molecule has 1 aliphatic heterocycles. The minimum absolute atomic E-state index is 0. The van der Waals surface area contributed by atoms with Gasteiger partial charge in [-0.15, -0.1) is 24.0 Å². The van der Waals surface area contributed by atoms with Crippen molar-refractivity contribution in [1.82, 2.24) is 19.8 Å². The smallest absolute Gasteiger partial charge is 0.319 e. The second-order valence-electron chi connectivity index (χ2n) is 5.21. The maximum absolute atomic E-state index is 12.8. The van der Waals surface area contributed by atoms with Crippen LogP contribution in [0.1, 0.15) is 25.2 Å². The molecule has 10 heteroatoms. The lowest BCUT2D eigenvalue weighted by molar-refractivity contribution is -0.146. The van der Waals surface area contributed by atoms with E-state index in [1.807, 2.05) is 4.90 Å². The van der Waals surface area contributed by atoms with Crippen LogP contribution in [-0.4, -0.2) is 53.6 Å². The summed E-state index contributed by atoms with van der Waals surface area (Å²) in [6.07, 6.45) is 3.94. The predicted molar refractivity (Wildman–Crippen MR) is 95.4 cm³/mol. The number of carbonyl (C=O) groups is 1. The summed E-state index contributed by atoms with van der Waals surface area (Å²) in [6, 6.07) is 0. The number of esters is 1. The van der Waals surface area contributed by atoms with Crippen LogP contribution in [0.25, 0.3) is 0 Å². The molecule has 1 aromatic rings. The van der Waals surface area contributed by atoms with Gasteiger partial charge in [0.1, 0.15) is 5.82 Å². The van der Waals surface area contributed by atoms with Crippen LogP contribution in [0.15, 0.2) is 17.4 Å². The fourth-order valence-electron chi connectivity index (χ4n) is 2.64. The number of methoxy groups -OCH3 is 1. The van der Waals surface area contributed by atoms with Gasteiger partial charge < -0.3 is 15.0 Å². The number of alkyl halides is 2. The SMILES string of the molecule is CN=C(NCc1nccn1C(F)F)N1CCC(C(=O)OC)CC1.I. The van der Waals surface area contributed by atoms with Gasteiger partial charge in [-0.05, 0) is 12.8 Å². The molecule has 0 amide bonds. The number of imidazole rings is 1. The molecule has 0 unspecified atom stereocenters. The highest BCUT2D eigenvalue weighted by molar-refractivity contribution is 14.0. The molecule has 0 aromatic carbocycles. The summed E-state index contributed by atoms with van der Waals surface area (Å²) in [5, 5.41) is 3.04. The number of piperidine rings is 1. The first-order chi connectivity index (χ1) is 11.1. The van der Waals surface area contributed by atoms with Crippen molar-refractivity contribution in [3.05, 3.63) is 18.2 Å². The molecule has 2 heterocycles. The Morgan fingerprint density at radius 1 is 1.50 bits per heavy atom. The molecule has 24 heavy (non-hydrogen) atoms. The largest absolute Gasteiger partial charge is 0.469 e. The summed E-state index contributed by atoms with van der Waals surface area (Å²) in [7, 11) is 3.02. The topological polar surface area (TPSA) is 71.8 Å². The minimum atomic E-state index is -2.62. The van der Waals surface area contributed by atoms with Crippen LogP contribution in [-0.2, 0) is 16.1 Å². The van der Waals surface area contributed by atoms with Crippen molar-refractivity contribution < 1.29 is 18.3 Å². The van der Waals surface area contributed by atoms with Gasteiger partial charge in [0.15, 0.2) is 5.96 Å². The first kappa shape index (κ1) is 20.6. The number of ether oxygens (including phenoxy) is 1. The Bertz CT molecular complexity index is 559. The Morgan fingerprint density at radius 3 is 2.71 bits per heavy atom. The molecule has 0 spiro atoms. The first-order valence-electron chi connectivity index (χ1n) is 7.40. The lowest BCUT2D eigenvalue weighted by atomic mass is 9.97. The van der Waals surface area contributed by atoms with E-state index in [2.05, 4.69) is 15.3 Å². The number of carbonyl (C=O) groups excluding carboxylic acids is 1. The lowest BCUT2D eigenvalue weighted by Crippen LogP contribution is -2.46. The molecule has 0 bridgehead atoms. The number of hydrogen-bond donors (Lipinski definition) is 1. The normalized spacial score (nSPS) is 16.0. The average Bonchev–Trinajstić information content (AvgIpc) is 3.04. The number of nitrogens with zero attached hydrogens (tertiary/aromatic N) is 4. The molecule has 0 atom stereocenters. The Morgan fingerprint density at radius 2 is 2.17 bits per heavy atom. The molecular weight excluding hydrogens is 435 g/mol. The van der Waals surface area contributed by atoms with Crippen LogP contribution >= 0.6 is 24.0 Å². The van der Waals surface area contributed by atoms with Gasteiger partial charge in [0.25, 0.3) is 0 Å². The van der Waals surface area contributed by atoms with Gasteiger partial charge >= 0.3 is 12.5 Å². The van der Waals surface area contributed by atoms with Crippen LogP contribution in [0, 0.1) is 5.92 Å². The van der Waals surface area contributed by atoms with Crippen molar-refractivity contribution in [2.45, 2.75) is 25.9 Å². The summed E-state index contributed by atoms with van der Waals surface area (Å²) in [5.74, 6) is 0.571. The summed E-state index contributed by atoms with van der Waals surface area (Å²) in [4.78, 5) is 21.6. The number of hydrogen-bond acceptors (Lipinski definition) is 4. The fraction of sp³-hybridized carbons (Fsp3) is 0.643. The molecule has 0 saturated carbocycles. The zero-order valence-electron chi connectivity index (χ0n) is 13.6. The molecule has 136 valence electrons. The quantitative estimate of drug-likeness (QED) is 0.324. The zero-order chi connectivity index (χ0) is 16.8. The van der Waals surface area contributed by atoms with E-state index in [0.717, 1.165) is 4.57 Å². The van der Waals surface area contributed by atoms with Gasteiger partial charge in [0.05, 0.1) is 19.6 Å². The number of nitrogens with one attached hydrogen (secondary N) is 1. The predicted octanol–water partition coefficient (Wildman–Crippen LogP) is 1.86. The highest BCUT2D eigenvalue weighted by atomic mass is 127. The standard InChI is InChI=1S/C14H21F2N5O2.HI/c1-17-14(19-9-11-18-5-8-21(11)13(15)16)20-6-3-10(4-7-20)12(22)23-2;/h5,8,10,13H,3-4,6-7,9H2,1-2H3,(H,17,19);1H. The van der Waals surface area contributed by atoms with Crippen LogP contribution in [0.2, 0.25) is 0 Å². The van der Waals surface area contributed by atoms with Gasteiger partial charge in [-0.2, -0.15) is 8.78 Å². The second kappa shape index (κ2) is 9.74. The molecule has 1 aliphatic rings. The third-order valence-corrected chi connectivity index (χ3v) is 3.90. The van der Waals surface area contributed by atoms with Gasteiger partial charge in [0, 0.05) is 32.5 Å². The molecule has 0 aliphatic carbocycles. The Hall–Kier alpha value is -1.46. The van der Waals surface area contributed by atoms with Crippen LogP contribution in [0.3, 0.4) is 0 Å². The van der Waals surface area contributed by atoms with Gasteiger partial charge in [0.2, 0.25) is 0 Å². The number of rotatable bonds is 4. The van der Waals surface area contributed by atoms with Crippen LogP contribution in [0.5, 0.6) is 0 Å². The van der Waals surface area contributed by atoms with E-state index in [9.17, 15) is 13.6 Å². The maximum Gasteiger partial charge on any atom is 0.319 e. The summed E-state index contributed by atoms with van der Waals surface area (Å²) in [6.45, 7) is -1.15. The lowest BCUT2D eigenvalue weighted by Gasteiger charge is -2.33. The van der Waals surface area contributed by atoms with E-state index >= 15 is 0 Å². The Kier molecular flexibility index (Phi) is 8.36. The summed E-state index contributed by atoms with van der Waals surface area (Å²) >= 11 is 0. The molecule has 1 fully saturated rings. The molecule has 2 rings (SSSR count). The van der Waals surface area contributed by atoms with Gasteiger partial charge in [-0.25, -0.2) is 4.98 Å². The zero-order valence-corrected chi connectivity index (χ0v) is 15.9. The Balaban J connectivity index is 0.00000288. The first-order valence-corrected chi connectivity index (χ1v) is 7.40. The molecule has 1 aromatic heterocycles. The third-order valence-electron chi connectivity index (χ3n) is 3.90. The van der Waals surface area contributed by atoms with Crippen molar-refractivity contribution in [2.24, 2.45) is 10.9 Å². The van der Waals surface area contributed by atoms with Crippen molar-refractivity contribution in [1.29, 1.82) is 0 Å². The van der Waals surface area contributed by atoms with Crippen LogP contribution < -0.4 is 5.32 Å². The molecule has 0 radical (unpaired) electrons. The van der Waals surface area contributed by atoms with Crippen molar-refractivity contribution >= 4 is 35.9 Å². The second-order valence-corrected chi connectivity index (χ2v) is 5.21. The number of likely N-dealkylation sites (tertiary alicyclic amines) is 1. The summed E-state index contributed by atoms with van der Waals surface area (Å²) in [5.41, 5.74) is 0. The highest BCUT2D eigenvalue weighted by Gasteiger charge is 2.27. The van der Waals surface area contributed by atoms with Crippen molar-refractivity contribution in [2.75, 3.05) is 27.2 Å². The van der Waals surface area contributed by atoms with Crippen molar-refractivity contribution in [3.63, 3.8) is 0 Å². The van der Waals surface area contributed by atoms with Crippen molar-refractivity contribution in [3.8, 4) is 0 Å². The summed E-state index contributed by atoms with van der Waals surface area (Å²) < 4.78 is 31.1. The van der Waals surface area contributed by atoms with E-state index < -0.39 is 6.55 Å². The van der Waals surface area contributed by atoms with E-state index in [1.54, 1.807) is 7.05 Å². The molecule has 1 N–H and O–H groups in total. The van der Waals surface area contributed by atoms with E-state index in [0.29, 0.717) is 31.9 Å². The molecular formula is C14H22F2IN5O2. The Labute approximate surface area is 156 Å².